The van der Waals surface area contributed by atoms with Crippen molar-refractivity contribution in [1.29, 1.82) is 0 Å². The first-order chi connectivity index (χ1) is 11.7. The monoisotopic (exact) mass is 410 g/mol. The van der Waals surface area contributed by atoms with Gasteiger partial charge in [0.05, 0.1) is 0 Å². The molecule has 0 amide bonds. The van der Waals surface area contributed by atoms with Crippen molar-refractivity contribution in [2.45, 2.75) is 25.0 Å². The van der Waals surface area contributed by atoms with Crippen LogP contribution in [0.5, 0.6) is 0 Å². The van der Waals surface area contributed by atoms with Gasteiger partial charge in [0.15, 0.2) is 6.29 Å². The number of anilines is 1. The fourth-order valence-electron chi connectivity index (χ4n) is 1.75. The number of methoxy groups -OCH3 is 1. The number of carbonyl (C=O) groups is 1. The Hall–Kier alpha value is -1.66. The minimum absolute atomic E-state index is 0.0238. The maximum Gasteiger partial charge on any atom is 0.347 e. The summed E-state index contributed by atoms with van der Waals surface area (Å²) in [7, 11) is -2.95. The third kappa shape index (κ3) is 3.96. The van der Waals surface area contributed by atoms with Crippen molar-refractivity contribution in [3.05, 3.63) is 27.0 Å². The van der Waals surface area contributed by atoms with Gasteiger partial charge >= 0.3 is 5.97 Å². The van der Waals surface area contributed by atoms with Crippen molar-refractivity contribution in [3.63, 3.8) is 0 Å². The summed E-state index contributed by atoms with van der Waals surface area (Å²) in [5.74, 6) is -1.63. The minimum atomic E-state index is -4.34. The molecule has 12 heteroatoms. The molecule has 0 aliphatic carbocycles. The molecular formula is C13H15ClN2O7S2. The van der Waals surface area contributed by atoms with E-state index in [2.05, 4.69) is 5.16 Å². The van der Waals surface area contributed by atoms with E-state index in [-0.39, 0.29) is 21.5 Å². The smallest absolute Gasteiger partial charge is 0.347 e. The van der Waals surface area contributed by atoms with Crippen LogP contribution in [0.1, 0.15) is 22.3 Å². The number of aromatic carboxylic acids is 1. The van der Waals surface area contributed by atoms with E-state index in [1.165, 1.54) is 25.5 Å². The summed E-state index contributed by atoms with van der Waals surface area (Å²) in [6, 6.07) is 1.19. The van der Waals surface area contributed by atoms with Crippen LogP contribution in [0.3, 0.4) is 0 Å². The Kier molecular flexibility index (Phi) is 6.06. The van der Waals surface area contributed by atoms with Crippen LogP contribution in [0, 0.1) is 6.92 Å². The lowest BCUT2D eigenvalue weighted by Gasteiger charge is -2.23. The summed E-state index contributed by atoms with van der Waals surface area (Å²) in [5, 5.41) is 14.2. The van der Waals surface area contributed by atoms with Crippen LogP contribution >= 0.6 is 22.9 Å². The van der Waals surface area contributed by atoms with Gasteiger partial charge in [-0.1, -0.05) is 16.8 Å². The second-order valence-electron chi connectivity index (χ2n) is 4.76. The summed E-state index contributed by atoms with van der Waals surface area (Å²) in [6.07, 6.45) is -0.720. The Bertz CT molecular complexity index is 862. The molecule has 2 heterocycles. The number of thiophene rings is 1. The molecule has 0 bridgehead atoms. The van der Waals surface area contributed by atoms with Crippen molar-refractivity contribution in [1.82, 2.24) is 5.16 Å². The topological polar surface area (TPSA) is 119 Å². The van der Waals surface area contributed by atoms with E-state index < -0.39 is 33.9 Å². The third-order valence-corrected chi connectivity index (χ3v) is 6.37. The summed E-state index contributed by atoms with van der Waals surface area (Å²) in [4.78, 5) is 10.6. The molecule has 0 radical (unpaired) electrons. The molecule has 2 aromatic rings. The van der Waals surface area contributed by atoms with Gasteiger partial charge in [0.2, 0.25) is 0 Å². The molecule has 0 saturated heterocycles. The number of aryl methyl sites for hydroxylation is 1. The summed E-state index contributed by atoms with van der Waals surface area (Å²) >= 11 is 6.84. The molecule has 1 atom stereocenters. The highest BCUT2D eigenvalue weighted by Crippen LogP contribution is 2.34. The van der Waals surface area contributed by atoms with Crippen LogP contribution in [0.15, 0.2) is 20.9 Å². The number of aromatic nitrogens is 1. The van der Waals surface area contributed by atoms with Crippen LogP contribution < -0.4 is 4.31 Å². The molecule has 2 aromatic heterocycles. The number of carboxylic acids is 1. The SMILES string of the molecule is COC(C)OCN(c1onc(C)c1Cl)S(=O)(=O)c1ccsc1C(=O)O. The minimum Gasteiger partial charge on any atom is -0.477 e. The lowest BCUT2D eigenvalue weighted by atomic mass is 10.5. The second-order valence-corrected chi connectivity index (χ2v) is 7.88. The molecular weight excluding hydrogens is 396 g/mol. The van der Waals surface area contributed by atoms with Gasteiger partial charge < -0.3 is 19.1 Å². The molecule has 0 spiro atoms. The van der Waals surface area contributed by atoms with Crippen LogP contribution in [-0.4, -0.2) is 44.8 Å². The first-order valence-electron chi connectivity index (χ1n) is 6.79. The first kappa shape index (κ1) is 19.7. The quantitative estimate of drug-likeness (QED) is 0.659. The largest absolute Gasteiger partial charge is 0.477 e. The van der Waals surface area contributed by atoms with Gasteiger partial charge in [-0.05, 0) is 25.3 Å². The number of ether oxygens (including phenoxy) is 2. The summed E-state index contributed by atoms with van der Waals surface area (Å²) in [5.41, 5.74) is 0.278. The normalized spacial score (nSPS) is 13.0. The molecule has 1 unspecified atom stereocenters. The average Bonchev–Trinajstić information content (AvgIpc) is 3.17. The molecule has 9 nitrogen and oxygen atoms in total. The maximum absolute atomic E-state index is 13.0. The maximum atomic E-state index is 13.0. The zero-order valence-corrected chi connectivity index (χ0v) is 15.8. The molecule has 0 saturated carbocycles. The highest BCUT2D eigenvalue weighted by atomic mass is 35.5. The molecule has 0 aliphatic heterocycles. The van der Waals surface area contributed by atoms with Gasteiger partial charge in [-0.15, -0.1) is 11.3 Å². The number of rotatable bonds is 8. The number of nitrogens with zero attached hydrogens (tertiary/aromatic N) is 2. The Balaban J connectivity index is 2.51. The number of hydrogen-bond donors (Lipinski definition) is 1. The molecule has 0 fully saturated rings. The van der Waals surface area contributed by atoms with E-state index >= 15 is 0 Å². The van der Waals surface area contributed by atoms with Crippen LogP contribution in [0.25, 0.3) is 0 Å². The zero-order valence-electron chi connectivity index (χ0n) is 13.4. The molecule has 0 aromatic carbocycles. The summed E-state index contributed by atoms with van der Waals surface area (Å²) < 4.78 is 41.9. The van der Waals surface area contributed by atoms with Crippen LogP contribution in [-0.2, 0) is 19.5 Å². The van der Waals surface area contributed by atoms with Gasteiger partial charge in [0, 0.05) is 7.11 Å². The van der Waals surface area contributed by atoms with Gasteiger partial charge in [-0.25, -0.2) is 17.5 Å². The molecule has 138 valence electrons. The molecule has 2 rings (SSSR count). The predicted octanol–water partition coefficient (Wildman–Crippen LogP) is 2.56. The second kappa shape index (κ2) is 7.70. The van der Waals surface area contributed by atoms with Crippen molar-refractivity contribution >= 4 is 44.8 Å². The fraction of sp³-hybridized carbons (Fsp3) is 0.385. The molecule has 0 aliphatic rings. The van der Waals surface area contributed by atoms with Crippen molar-refractivity contribution in [3.8, 4) is 0 Å². The van der Waals surface area contributed by atoms with Crippen LogP contribution in [0.4, 0.5) is 5.88 Å². The number of sulfonamides is 1. The lowest BCUT2D eigenvalue weighted by Crippen LogP contribution is -2.35. The van der Waals surface area contributed by atoms with Crippen LogP contribution in [0.2, 0.25) is 5.02 Å². The van der Waals surface area contributed by atoms with E-state index in [9.17, 15) is 18.3 Å². The number of carboxylic acid groups (broad SMARTS) is 1. The van der Waals surface area contributed by atoms with E-state index in [0.29, 0.717) is 4.31 Å². The van der Waals surface area contributed by atoms with Gasteiger partial charge in [0.1, 0.15) is 27.2 Å². The number of halogens is 1. The van der Waals surface area contributed by atoms with Crippen molar-refractivity contribution in [2.24, 2.45) is 0 Å². The summed E-state index contributed by atoms with van der Waals surface area (Å²) in [6.45, 7) is 2.58. The standard InChI is InChI=1S/C13H15ClN2O7S2/c1-7-10(14)12(23-15-7)16(6-22-8(2)21-3)25(19,20)9-4-5-24-11(9)13(17)18/h4-5,8H,6H2,1-3H3,(H,17,18). The van der Waals surface area contributed by atoms with Gasteiger partial charge in [-0.3, -0.25) is 0 Å². The fourth-order valence-corrected chi connectivity index (χ4v) is 4.49. The first-order valence-corrected chi connectivity index (χ1v) is 9.49. The third-order valence-electron chi connectivity index (χ3n) is 3.15. The highest BCUT2D eigenvalue weighted by molar-refractivity contribution is 7.93. The number of hydrogen-bond acceptors (Lipinski definition) is 8. The Morgan fingerprint density at radius 3 is 2.76 bits per heavy atom. The Morgan fingerprint density at radius 1 is 1.56 bits per heavy atom. The lowest BCUT2D eigenvalue weighted by molar-refractivity contribution is -0.108. The Morgan fingerprint density at radius 2 is 2.24 bits per heavy atom. The van der Waals surface area contributed by atoms with Crippen molar-refractivity contribution in [2.75, 3.05) is 18.1 Å². The average molecular weight is 411 g/mol. The van der Waals surface area contributed by atoms with Crippen molar-refractivity contribution < 1.29 is 32.3 Å². The highest BCUT2D eigenvalue weighted by Gasteiger charge is 2.35. The predicted molar refractivity (Wildman–Crippen MR) is 89.6 cm³/mol. The van der Waals surface area contributed by atoms with E-state index in [0.717, 1.165) is 11.3 Å². The zero-order chi connectivity index (χ0) is 18.8. The molecule has 25 heavy (non-hydrogen) atoms. The van der Waals surface area contributed by atoms with Gasteiger partial charge in [0.25, 0.3) is 15.9 Å². The van der Waals surface area contributed by atoms with Gasteiger partial charge in [-0.2, -0.15) is 0 Å². The molecule has 1 N–H and O–H groups in total. The van der Waals surface area contributed by atoms with E-state index in [4.69, 9.17) is 25.6 Å². The van der Waals surface area contributed by atoms with E-state index in [1.54, 1.807) is 6.92 Å². The van der Waals surface area contributed by atoms with E-state index in [1.807, 2.05) is 0 Å². The Labute approximate surface area is 152 Å².